The zero-order valence-electron chi connectivity index (χ0n) is 14.3. The Kier molecular flexibility index (Phi) is 8.04. The van der Waals surface area contributed by atoms with E-state index in [1.165, 1.54) is 64.2 Å². The first kappa shape index (κ1) is 17.6. The number of hydrogen-bond donors (Lipinski definition) is 0. The van der Waals surface area contributed by atoms with Crippen LogP contribution in [0.4, 0.5) is 0 Å². The molecule has 0 bridgehead atoms. The molecule has 2 saturated carbocycles. The van der Waals surface area contributed by atoms with Crippen LogP contribution in [0.1, 0.15) is 84.0 Å². The summed E-state index contributed by atoms with van der Waals surface area (Å²) in [7, 11) is 0. The maximum Gasteiger partial charge on any atom is 0.293 e. The van der Waals surface area contributed by atoms with Crippen molar-refractivity contribution >= 4 is 6.47 Å². The van der Waals surface area contributed by atoms with Crippen LogP contribution in [0.25, 0.3) is 0 Å². The van der Waals surface area contributed by atoms with Crippen LogP contribution in [-0.4, -0.2) is 12.6 Å². The smallest absolute Gasteiger partial charge is 0.293 e. The van der Waals surface area contributed by atoms with Crippen molar-refractivity contribution in [3.63, 3.8) is 0 Å². The van der Waals surface area contributed by atoms with Crippen molar-refractivity contribution in [1.29, 1.82) is 0 Å². The van der Waals surface area contributed by atoms with Gasteiger partial charge in [0.2, 0.25) is 0 Å². The second-order valence-corrected chi connectivity index (χ2v) is 7.43. The molecule has 0 aromatic rings. The summed E-state index contributed by atoms with van der Waals surface area (Å²) in [6.07, 6.45) is 20.9. The van der Waals surface area contributed by atoms with Gasteiger partial charge in [-0.15, -0.1) is 0 Å². The van der Waals surface area contributed by atoms with E-state index in [1.54, 1.807) is 0 Å². The third-order valence-electron chi connectivity index (χ3n) is 5.73. The topological polar surface area (TPSA) is 26.3 Å². The van der Waals surface area contributed by atoms with Crippen molar-refractivity contribution in [1.82, 2.24) is 0 Å². The number of carbonyl (C=O) groups excluding carboxylic acids is 1. The SMILES string of the molecule is CCCCCC1CCC(/C=C/C2CCC(OC=O)CC2)CC1. The summed E-state index contributed by atoms with van der Waals surface area (Å²) in [6, 6.07) is 0. The van der Waals surface area contributed by atoms with Gasteiger partial charge in [-0.3, -0.25) is 4.79 Å². The lowest BCUT2D eigenvalue weighted by Gasteiger charge is -2.28. The van der Waals surface area contributed by atoms with Gasteiger partial charge >= 0.3 is 0 Å². The first-order valence-corrected chi connectivity index (χ1v) is 9.59. The van der Waals surface area contributed by atoms with Gasteiger partial charge in [-0.2, -0.15) is 0 Å². The Balaban J connectivity index is 1.61. The van der Waals surface area contributed by atoms with Crippen molar-refractivity contribution in [3.8, 4) is 0 Å². The lowest BCUT2D eigenvalue weighted by molar-refractivity contribution is -0.135. The standard InChI is InChI=1S/C20H34O2/c1-2-3-4-5-17-6-8-18(9-7-17)10-11-19-12-14-20(15-13-19)22-16-21/h10-11,16-20H,2-9,12-15H2,1H3/b11-10+. The molecule has 0 N–H and O–H groups in total. The number of allylic oxidation sites excluding steroid dienone is 2. The molecule has 0 aliphatic heterocycles. The first-order valence-electron chi connectivity index (χ1n) is 9.59. The highest BCUT2D eigenvalue weighted by atomic mass is 16.5. The Hall–Kier alpha value is -0.790. The van der Waals surface area contributed by atoms with Crippen molar-refractivity contribution in [2.45, 2.75) is 90.1 Å². The lowest BCUT2D eigenvalue weighted by atomic mass is 9.78. The zero-order valence-corrected chi connectivity index (χ0v) is 14.3. The maximum atomic E-state index is 10.4. The van der Waals surface area contributed by atoms with Crippen LogP contribution in [0.2, 0.25) is 0 Å². The molecule has 0 saturated heterocycles. The minimum Gasteiger partial charge on any atom is -0.465 e. The van der Waals surface area contributed by atoms with E-state index in [9.17, 15) is 4.79 Å². The number of unbranched alkanes of at least 4 members (excludes halogenated alkanes) is 2. The fraction of sp³-hybridized carbons (Fsp3) is 0.850. The molecule has 0 radical (unpaired) electrons. The highest BCUT2D eigenvalue weighted by molar-refractivity contribution is 5.37. The molecule has 2 fully saturated rings. The monoisotopic (exact) mass is 306 g/mol. The van der Waals surface area contributed by atoms with Crippen LogP contribution < -0.4 is 0 Å². The second kappa shape index (κ2) is 10.1. The highest BCUT2D eigenvalue weighted by Crippen LogP contribution is 2.34. The molecule has 0 heterocycles. The van der Waals surface area contributed by atoms with E-state index in [2.05, 4.69) is 19.1 Å². The van der Waals surface area contributed by atoms with Crippen LogP contribution in [0.3, 0.4) is 0 Å². The Labute approximate surface area is 136 Å². The van der Waals surface area contributed by atoms with Gasteiger partial charge in [-0.25, -0.2) is 0 Å². The van der Waals surface area contributed by atoms with Gasteiger partial charge in [-0.1, -0.05) is 44.8 Å². The van der Waals surface area contributed by atoms with E-state index in [4.69, 9.17) is 4.74 Å². The van der Waals surface area contributed by atoms with Gasteiger partial charge in [0, 0.05) is 0 Å². The molecule has 0 unspecified atom stereocenters. The quantitative estimate of drug-likeness (QED) is 0.328. The molecule has 2 heteroatoms. The predicted octanol–water partition coefficient (Wildman–Crippen LogP) is 5.66. The third-order valence-corrected chi connectivity index (χ3v) is 5.73. The summed E-state index contributed by atoms with van der Waals surface area (Å²) in [5, 5.41) is 0. The van der Waals surface area contributed by atoms with Crippen LogP contribution in [0, 0.1) is 17.8 Å². The summed E-state index contributed by atoms with van der Waals surface area (Å²) in [5.41, 5.74) is 0. The molecule has 2 aliphatic carbocycles. The van der Waals surface area contributed by atoms with Crippen LogP contribution in [0.5, 0.6) is 0 Å². The molecule has 0 aromatic heterocycles. The molecule has 2 rings (SSSR count). The molecule has 0 aromatic carbocycles. The molecule has 126 valence electrons. The van der Waals surface area contributed by atoms with Crippen LogP contribution in [0.15, 0.2) is 12.2 Å². The summed E-state index contributed by atoms with van der Waals surface area (Å²) in [6.45, 7) is 2.90. The summed E-state index contributed by atoms with van der Waals surface area (Å²) < 4.78 is 5.07. The van der Waals surface area contributed by atoms with E-state index in [0.717, 1.165) is 24.7 Å². The minimum atomic E-state index is 0.181. The second-order valence-electron chi connectivity index (χ2n) is 7.43. The average molecular weight is 306 g/mol. The molecule has 2 aliphatic rings. The van der Waals surface area contributed by atoms with Gasteiger partial charge in [-0.05, 0) is 69.1 Å². The van der Waals surface area contributed by atoms with Crippen molar-refractivity contribution in [2.24, 2.45) is 17.8 Å². The Morgan fingerprint density at radius 1 is 0.864 bits per heavy atom. The highest BCUT2D eigenvalue weighted by Gasteiger charge is 2.22. The number of rotatable bonds is 8. The molecule has 0 amide bonds. The third kappa shape index (κ3) is 6.14. The number of ether oxygens (including phenoxy) is 1. The van der Waals surface area contributed by atoms with Crippen LogP contribution in [-0.2, 0) is 9.53 Å². The largest absolute Gasteiger partial charge is 0.465 e. The van der Waals surface area contributed by atoms with E-state index in [1.807, 2.05) is 0 Å². The van der Waals surface area contributed by atoms with Crippen molar-refractivity contribution in [3.05, 3.63) is 12.2 Å². The summed E-state index contributed by atoms with van der Waals surface area (Å²) in [4.78, 5) is 10.4. The molecule has 0 atom stereocenters. The van der Waals surface area contributed by atoms with E-state index in [-0.39, 0.29) is 6.10 Å². The zero-order chi connectivity index (χ0) is 15.6. The fourth-order valence-electron chi connectivity index (χ4n) is 4.16. The average Bonchev–Trinajstić information content (AvgIpc) is 2.56. The molecule has 22 heavy (non-hydrogen) atoms. The van der Waals surface area contributed by atoms with Gasteiger partial charge in [0.1, 0.15) is 6.10 Å². The normalized spacial score (nSPS) is 33.0. The van der Waals surface area contributed by atoms with Gasteiger partial charge in [0.05, 0.1) is 0 Å². The molecule has 2 nitrogen and oxygen atoms in total. The Morgan fingerprint density at radius 3 is 2.00 bits per heavy atom. The minimum absolute atomic E-state index is 0.181. The molecule has 0 spiro atoms. The number of carbonyl (C=O) groups is 1. The lowest BCUT2D eigenvalue weighted by Crippen LogP contribution is -2.20. The summed E-state index contributed by atoms with van der Waals surface area (Å²) >= 11 is 0. The first-order chi connectivity index (χ1) is 10.8. The van der Waals surface area contributed by atoms with E-state index in [0.29, 0.717) is 12.4 Å². The van der Waals surface area contributed by atoms with Crippen molar-refractivity contribution in [2.75, 3.05) is 0 Å². The Bertz CT molecular complexity index is 321. The summed E-state index contributed by atoms with van der Waals surface area (Å²) in [5.74, 6) is 2.55. The number of hydrogen-bond acceptors (Lipinski definition) is 2. The maximum absolute atomic E-state index is 10.4. The predicted molar refractivity (Wildman–Crippen MR) is 91.6 cm³/mol. The van der Waals surface area contributed by atoms with Gasteiger partial charge in [0.15, 0.2) is 0 Å². The fourth-order valence-corrected chi connectivity index (χ4v) is 4.16. The van der Waals surface area contributed by atoms with Gasteiger partial charge in [0.25, 0.3) is 6.47 Å². The van der Waals surface area contributed by atoms with E-state index < -0.39 is 0 Å². The molecular weight excluding hydrogens is 272 g/mol. The van der Waals surface area contributed by atoms with Crippen LogP contribution >= 0.6 is 0 Å². The Morgan fingerprint density at radius 2 is 1.45 bits per heavy atom. The molecular formula is C20H34O2. The van der Waals surface area contributed by atoms with Crippen molar-refractivity contribution < 1.29 is 9.53 Å². The van der Waals surface area contributed by atoms with Gasteiger partial charge < -0.3 is 4.74 Å². The van der Waals surface area contributed by atoms with E-state index >= 15 is 0 Å².